The monoisotopic (exact) mass is 402 g/mol. The number of carbonyl (C=O) groups is 1. The third-order valence-electron chi connectivity index (χ3n) is 4.94. The van der Waals surface area contributed by atoms with E-state index in [9.17, 15) is 4.79 Å². The number of benzene rings is 1. The van der Waals surface area contributed by atoms with Gasteiger partial charge < -0.3 is 15.8 Å². The van der Waals surface area contributed by atoms with Crippen LogP contribution in [-0.4, -0.2) is 35.0 Å². The minimum atomic E-state index is -0.396. The number of hydrogen-bond acceptors (Lipinski definition) is 6. The molecule has 2 aromatic rings. The molecule has 8 heteroatoms. The fourth-order valence-corrected chi connectivity index (χ4v) is 4.64. The number of carbonyl (C=O) groups excluding carboxylic acids is 1. The van der Waals surface area contributed by atoms with Crippen LogP contribution in [0.4, 0.5) is 5.69 Å². The molecule has 2 atom stereocenters. The van der Waals surface area contributed by atoms with Crippen LogP contribution in [0.3, 0.4) is 0 Å². The fourth-order valence-electron chi connectivity index (χ4n) is 3.56. The molecule has 1 saturated heterocycles. The number of anilines is 1. The fraction of sp³-hybridized carbons (Fsp3) is 0.316. The molecular weight excluding hydrogens is 384 g/mol. The highest BCUT2D eigenvalue weighted by molar-refractivity contribution is 8.13. The van der Waals surface area contributed by atoms with E-state index in [0.717, 1.165) is 17.7 Å². The Hall–Kier alpha value is -2.09. The van der Waals surface area contributed by atoms with Crippen LogP contribution < -0.4 is 11.1 Å². The largest absolute Gasteiger partial charge is 0.381 e. The third kappa shape index (κ3) is 3.67. The van der Waals surface area contributed by atoms with Crippen LogP contribution in [0.2, 0.25) is 5.02 Å². The van der Waals surface area contributed by atoms with Crippen molar-refractivity contribution in [3.63, 3.8) is 0 Å². The van der Waals surface area contributed by atoms with Crippen LogP contribution in [-0.2, 0) is 10.3 Å². The molecule has 1 amide bonds. The van der Waals surface area contributed by atoms with Gasteiger partial charge >= 0.3 is 0 Å². The molecule has 0 unspecified atom stereocenters. The van der Waals surface area contributed by atoms with Gasteiger partial charge in [0.2, 0.25) is 0 Å². The molecular formula is C19H19ClN4O2S. The van der Waals surface area contributed by atoms with Gasteiger partial charge in [-0.25, -0.2) is 4.98 Å². The van der Waals surface area contributed by atoms with E-state index < -0.39 is 5.54 Å². The molecule has 140 valence electrons. The lowest BCUT2D eigenvalue weighted by Crippen LogP contribution is -2.46. The minimum Gasteiger partial charge on any atom is -0.381 e. The average Bonchev–Trinajstić information content (AvgIpc) is 2.68. The molecule has 27 heavy (non-hydrogen) atoms. The van der Waals surface area contributed by atoms with Gasteiger partial charge in [-0.1, -0.05) is 35.5 Å². The topological polar surface area (TPSA) is 89.6 Å². The Kier molecular flexibility index (Phi) is 5.08. The average molecular weight is 403 g/mol. The normalized spacial score (nSPS) is 24.6. The third-order valence-corrected chi connectivity index (χ3v) is 6.12. The number of fused-ring (bicyclic) bond motifs is 1. The van der Waals surface area contributed by atoms with Crippen LogP contribution >= 0.6 is 23.4 Å². The second-order valence-electron chi connectivity index (χ2n) is 6.60. The molecule has 3 N–H and O–H groups in total. The SMILES string of the molecule is NC1=N[C@@]2(c3cccc(NC(=O)c4ccc(Cl)cn4)c3)CCOC[C@H]2CS1. The number of nitrogens with two attached hydrogens (primary N) is 1. The first-order valence-electron chi connectivity index (χ1n) is 8.66. The summed E-state index contributed by atoms with van der Waals surface area (Å²) in [6.07, 6.45) is 2.23. The van der Waals surface area contributed by atoms with Crippen molar-refractivity contribution in [1.29, 1.82) is 0 Å². The van der Waals surface area contributed by atoms with Crippen LogP contribution in [0.5, 0.6) is 0 Å². The maximum atomic E-state index is 12.5. The highest BCUT2D eigenvalue weighted by Gasteiger charge is 2.45. The molecule has 0 saturated carbocycles. The van der Waals surface area contributed by atoms with Gasteiger partial charge in [-0.15, -0.1) is 0 Å². The van der Waals surface area contributed by atoms with E-state index in [2.05, 4.69) is 10.3 Å². The molecule has 1 aromatic heterocycles. The first-order valence-corrected chi connectivity index (χ1v) is 10.0. The number of amidine groups is 1. The number of aliphatic imine (C=N–C) groups is 1. The first kappa shape index (κ1) is 18.3. The molecule has 1 fully saturated rings. The zero-order valence-corrected chi connectivity index (χ0v) is 16.1. The number of thioether (sulfide) groups is 1. The van der Waals surface area contributed by atoms with Gasteiger partial charge in [-0.3, -0.25) is 9.79 Å². The molecule has 2 aliphatic rings. The molecule has 4 rings (SSSR count). The summed E-state index contributed by atoms with van der Waals surface area (Å²) in [5.74, 6) is 0.847. The van der Waals surface area contributed by atoms with E-state index >= 15 is 0 Å². The quantitative estimate of drug-likeness (QED) is 0.822. The van der Waals surface area contributed by atoms with E-state index in [1.54, 1.807) is 23.9 Å². The van der Waals surface area contributed by atoms with Gasteiger partial charge in [0.05, 0.1) is 17.2 Å². The van der Waals surface area contributed by atoms with Crippen molar-refractivity contribution >= 4 is 40.1 Å². The molecule has 1 aromatic carbocycles. The molecule has 0 radical (unpaired) electrons. The standard InChI is InChI=1S/C19H19ClN4O2S/c20-14-4-5-16(22-9-14)17(25)23-15-3-1-2-12(8-15)19-6-7-26-10-13(19)11-27-18(21)24-19/h1-5,8-9,13H,6-7,10-11H2,(H2,21,24)(H,23,25)/t13-,19+/m0/s1. The number of pyridine rings is 1. The van der Waals surface area contributed by atoms with Crippen molar-refractivity contribution in [3.8, 4) is 0 Å². The first-order chi connectivity index (χ1) is 13.1. The minimum absolute atomic E-state index is 0.257. The lowest BCUT2D eigenvalue weighted by Gasteiger charge is -2.44. The summed E-state index contributed by atoms with van der Waals surface area (Å²) in [5, 5.41) is 3.99. The molecule has 0 aliphatic carbocycles. The Bertz CT molecular complexity index is 890. The summed E-state index contributed by atoms with van der Waals surface area (Å²) in [5.41, 5.74) is 7.70. The Labute approximate surface area is 166 Å². The lowest BCUT2D eigenvalue weighted by molar-refractivity contribution is 0.0101. The van der Waals surface area contributed by atoms with E-state index in [0.29, 0.717) is 34.8 Å². The molecule has 0 spiro atoms. The number of amides is 1. The number of hydrogen-bond donors (Lipinski definition) is 2. The van der Waals surface area contributed by atoms with Gasteiger partial charge in [-0.05, 0) is 29.8 Å². The summed E-state index contributed by atoms with van der Waals surface area (Å²) in [6.45, 7) is 1.30. The molecule has 3 heterocycles. The highest BCUT2D eigenvalue weighted by atomic mass is 35.5. The summed E-state index contributed by atoms with van der Waals surface area (Å²) in [7, 11) is 0. The summed E-state index contributed by atoms with van der Waals surface area (Å²) < 4.78 is 5.67. The van der Waals surface area contributed by atoms with Crippen molar-refractivity contribution in [1.82, 2.24) is 4.98 Å². The zero-order chi connectivity index (χ0) is 18.9. The van der Waals surface area contributed by atoms with Crippen LogP contribution in [0, 0.1) is 5.92 Å². The van der Waals surface area contributed by atoms with E-state index in [-0.39, 0.29) is 11.8 Å². The molecule has 0 bridgehead atoms. The number of ether oxygens (including phenoxy) is 1. The van der Waals surface area contributed by atoms with Crippen molar-refractivity contribution in [3.05, 3.63) is 58.9 Å². The van der Waals surface area contributed by atoms with Crippen molar-refractivity contribution in [2.45, 2.75) is 12.0 Å². The van der Waals surface area contributed by atoms with E-state index in [1.807, 2.05) is 24.3 Å². The summed E-state index contributed by atoms with van der Waals surface area (Å²) in [6, 6.07) is 11.0. The second kappa shape index (κ2) is 7.50. The van der Waals surface area contributed by atoms with Crippen molar-refractivity contribution in [2.75, 3.05) is 24.3 Å². The number of nitrogens with one attached hydrogen (secondary N) is 1. The Morgan fingerprint density at radius 3 is 3.07 bits per heavy atom. The van der Waals surface area contributed by atoms with Crippen LogP contribution in [0.25, 0.3) is 0 Å². The smallest absolute Gasteiger partial charge is 0.274 e. The van der Waals surface area contributed by atoms with Gasteiger partial charge in [-0.2, -0.15) is 0 Å². The Morgan fingerprint density at radius 2 is 2.26 bits per heavy atom. The van der Waals surface area contributed by atoms with Gasteiger partial charge in [0.25, 0.3) is 5.91 Å². The van der Waals surface area contributed by atoms with Crippen molar-refractivity contribution in [2.24, 2.45) is 16.6 Å². The summed E-state index contributed by atoms with van der Waals surface area (Å²) >= 11 is 7.40. The van der Waals surface area contributed by atoms with Crippen LogP contribution in [0.15, 0.2) is 47.6 Å². The maximum absolute atomic E-state index is 12.5. The summed E-state index contributed by atoms with van der Waals surface area (Å²) in [4.78, 5) is 21.3. The Balaban J connectivity index is 1.63. The predicted molar refractivity (Wildman–Crippen MR) is 108 cm³/mol. The zero-order valence-electron chi connectivity index (χ0n) is 14.5. The Morgan fingerprint density at radius 1 is 1.37 bits per heavy atom. The highest BCUT2D eigenvalue weighted by Crippen LogP contribution is 2.45. The number of rotatable bonds is 3. The maximum Gasteiger partial charge on any atom is 0.274 e. The molecule has 2 aliphatic heterocycles. The van der Waals surface area contributed by atoms with E-state index in [4.69, 9.17) is 27.1 Å². The number of halogens is 1. The molecule has 6 nitrogen and oxygen atoms in total. The second-order valence-corrected chi connectivity index (χ2v) is 8.08. The number of nitrogens with zero attached hydrogens (tertiary/aromatic N) is 2. The van der Waals surface area contributed by atoms with Gasteiger partial charge in [0, 0.05) is 36.6 Å². The van der Waals surface area contributed by atoms with Gasteiger partial charge in [0.15, 0.2) is 5.17 Å². The van der Waals surface area contributed by atoms with Crippen molar-refractivity contribution < 1.29 is 9.53 Å². The lowest BCUT2D eigenvalue weighted by atomic mass is 9.75. The number of aromatic nitrogens is 1. The predicted octanol–water partition coefficient (Wildman–Crippen LogP) is 3.28. The van der Waals surface area contributed by atoms with Gasteiger partial charge in [0.1, 0.15) is 5.69 Å². The van der Waals surface area contributed by atoms with Crippen LogP contribution in [0.1, 0.15) is 22.5 Å². The van der Waals surface area contributed by atoms with E-state index in [1.165, 1.54) is 6.20 Å².